The van der Waals surface area contributed by atoms with Crippen LogP contribution in [-0.2, 0) is 0 Å². The maximum atomic E-state index is 12.2. The number of carboxylic acid groups (broad SMARTS) is 1. The molecule has 0 radical (unpaired) electrons. The Kier molecular flexibility index (Phi) is 4.11. The summed E-state index contributed by atoms with van der Waals surface area (Å²) < 4.78 is 0. The van der Waals surface area contributed by atoms with Crippen LogP contribution in [0.1, 0.15) is 28.3 Å². The van der Waals surface area contributed by atoms with Crippen LogP contribution in [-0.4, -0.2) is 53.6 Å². The van der Waals surface area contributed by atoms with Crippen LogP contribution >= 0.6 is 11.6 Å². The number of fused-ring (bicyclic) bond motifs is 3. The minimum Gasteiger partial charge on any atom is -0.465 e. The average molecular weight is 324 g/mol. The van der Waals surface area contributed by atoms with Gasteiger partial charge in [-0.3, -0.25) is 4.79 Å². The van der Waals surface area contributed by atoms with Gasteiger partial charge in [0.25, 0.3) is 5.91 Å². The van der Waals surface area contributed by atoms with E-state index in [1.54, 1.807) is 6.07 Å². The maximum Gasteiger partial charge on any atom is 0.407 e. The van der Waals surface area contributed by atoms with Crippen molar-refractivity contribution in [2.24, 2.45) is 0 Å². The summed E-state index contributed by atoms with van der Waals surface area (Å²) in [5.41, 5.74) is 2.45. The van der Waals surface area contributed by atoms with E-state index in [1.165, 1.54) is 4.90 Å². The summed E-state index contributed by atoms with van der Waals surface area (Å²) in [5, 5.41) is 15.4. The van der Waals surface area contributed by atoms with E-state index in [4.69, 9.17) is 11.6 Å². The summed E-state index contributed by atoms with van der Waals surface area (Å²) in [5.74, 6) is 0.312. The van der Waals surface area contributed by atoms with Gasteiger partial charge in [0.2, 0.25) is 0 Å². The van der Waals surface area contributed by atoms with Crippen LogP contribution in [0.3, 0.4) is 0 Å². The fraction of sp³-hybridized carbons (Fsp3) is 0.467. The van der Waals surface area contributed by atoms with Gasteiger partial charge in [-0.05, 0) is 18.1 Å². The van der Waals surface area contributed by atoms with E-state index in [1.807, 2.05) is 12.1 Å². The molecule has 1 aromatic carbocycles. The van der Waals surface area contributed by atoms with Crippen LogP contribution in [0.5, 0.6) is 0 Å². The minimum atomic E-state index is -0.886. The molecule has 118 valence electrons. The fourth-order valence-electron chi connectivity index (χ4n) is 3.28. The van der Waals surface area contributed by atoms with Crippen molar-refractivity contribution >= 4 is 29.3 Å². The molecule has 2 aliphatic rings. The fourth-order valence-corrected chi connectivity index (χ4v) is 3.38. The number of halogens is 1. The van der Waals surface area contributed by atoms with E-state index in [0.29, 0.717) is 31.1 Å². The molecule has 0 aromatic heterocycles. The van der Waals surface area contributed by atoms with Gasteiger partial charge >= 0.3 is 6.09 Å². The molecule has 2 unspecified atom stereocenters. The van der Waals surface area contributed by atoms with Crippen LogP contribution < -0.4 is 10.6 Å². The molecule has 0 aliphatic carbocycles. The van der Waals surface area contributed by atoms with Gasteiger partial charge in [-0.1, -0.05) is 12.1 Å². The van der Waals surface area contributed by atoms with Gasteiger partial charge < -0.3 is 20.6 Å². The molecule has 0 saturated carbocycles. The Hall–Kier alpha value is -1.95. The number of piperidine rings is 1. The molecule has 1 saturated heterocycles. The molecule has 1 fully saturated rings. The van der Waals surface area contributed by atoms with Gasteiger partial charge in [0.1, 0.15) is 0 Å². The van der Waals surface area contributed by atoms with Gasteiger partial charge in [0, 0.05) is 37.5 Å². The lowest BCUT2D eigenvalue weighted by Gasteiger charge is -2.33. The molecule has 2 atom stereocenters. The highest BCUT2D eigenvalue weighted by Gasteiger charge is 2.39. The van der Waals surface area contributed by atoms with E-state index >= 15 is 0 Å². The number of carbonyl (C=O) groups excluding carboxylic acids is 1. The Morgan fingerprint density at radius 1 is 1.45 bits per heavy atom. The predicted octanol–water partition coefficient (Wildman–Crippen LogP) is 1.92. The van der Waals surface area contributed by atoms with Gasteiger partial charge in [0.15, 0.2) is 0 Å². The lowest BCUT2D eigenvalue weighted by molar-refractivity contribution is 0.0956. The Bertz CT molecular complexity index is 608. The highest BCUT2D eigenvalue weighted by atomic mass is 35.5. The van der Waals surface area contributed by atoms with Crippen molar-refractivity contribution in [2.45, 2.75) is 18.4 Å². The first kappa shape index (κ1) is 15.0. The number of rotatable bonds is 3. The molecule has 3 rings (SSSR count). The van der Waals surface area contributed by atoms with Gasteiger partial charge in [-0.15, -0.1) is 11.6 Å². The maximum absolute atomic E-state index is 12.2. The second-order valence-electron chi connectivity index (χ2n) is 5.59. The first-order valence-corrected chi connectivity index (χ1v) is 7.86. The number of benzene rings is 1. The number of alkyl halides is 1. The molecule has 2 aliphatic heterocycles. The molecule has 22 heavy (non-hydrogen) atoms. The van der Waals surface area contributed by atoms with Crippen LogP contribution in [0.15, 0.2) is 18.2 Å². The normalized spacial score (nSPS) is 22.5. The second-order valence-corrected chi connectivity index (χ2v) is 5.97. The summed E-state index contributed by atoms with van der Waals surface area (Å²) in [7, 11) is 0. The Morgan fingerprint density at radius 3 is 3.00 bits per heavy atom. The topological polar surface area (TPSA) is 81.7 Å². The molecule has 7 heteroatoms. The number of nitrogens with zero attached hydrogens (tertiary/aromatic N) is 1. The van der Waals surface area contributed by atoms with E-state index in [0.717, 1.165) is 17.7 Å². The zero-order valence-corrected chi connectivity index (χ0v) is 12.8. The third kappa shape index (κ3) is 2.59. The predicted molar refractivity (Wildman–Crippen MR) is 83.9 cm³/mol. The Labute approximate surface area is 133 Å². The number of hydrogen-bond acceptors (Lipinski definition) is 3. The number of carbonyl (C=O) groups is 2. The number of anilines is 1. The van der Waals surface area contributed by atoms with Gasteiger partial charge in [-0.2, -0.15) is 0 Å². The van der Waals surface area contributed by atoms with Crippen molar-refractivity contribution in [3.8, 4) is 0 Å². The summed E-state index contributed by atoms with van der Waals surface area (Å²) in [6.07, 6.45) is -0.142. The molecule has 6 nitrogen and oxygen atoms in total. The van der Waals surface area contributed by atoms with Crippen LogP contribution in [0, 0.1) is 0 Å². The number of nitrogens with one attached hydrogen (secondary N) is 2. The smallest absolute Gasteiger partial charge is 0.407 e. The first-order valence-electron chi connectivity index (χ1n) is 7.33. The Balaban J connectivity index is 1.86. The molecule has 2 amide bonds. The van der Waals surface area contributed by atoms with Crippen molar-refractivity contribution in [1.82, 2.24) is 10.2 Å². The average Bonchev–Trinajstić information content (AvgIpc) is 2.90. The van der Waals surface area contributed by atoms with Gasteiger partial charge in [0.05, 0.1) is 11.3 Å². The van der Waals surface area contributed by atoms with Crippen molar-refractivity contribution < 1.29 is 14.7 Å². The van der Waals surface area contributed by atoms with E-state index in [2.05, 4.69) is 10.6 Å². The molecule has 3 N–H and O–H groups in total. The van der Waals surface area contributed by atoms with Crippen LogP contribution in [0.25, 0.3) is 0 Å². The number of hydrogen-bond donors (Lipinski definition) is 3. The highest BCUT2D eigenvalue weighted by Crippen LogP contribution is 2.41. The zero-order valence-electron chi connectivity index (χ0n) is 12.0. The van der Waals surface area contributed by atoms with E-state index in [9.17, 15) is 14.7 Å². The second kappa shape index (κ2) is 6.04. The quantitative estimate of drug-likeness (QED) is 0.742. The van der Waals surface area contributed by atoms with Gasteiger partial charge in [-0.25, -0.2) is 4.79 Å². The lowest BCUT2D eigenvalue weighted by atomic mass is 9.89. The Morgan fingerprint density at radius 2 is 2.27 bits per heavy atom. The van der Waals surface area contributed by atoms with Crippen LogP contribution in [0.2, 0.25) is 0 Å². The summed E-state index contributed by atoms with van der Waals surface area (Å²) >= 11 is 5.60. The molecular formula is C15H18ClN3O3. The minimum absolute atomic E-state index is 0.0978. The molecule has 1 aromatic rings. The van der Waals surface area contributed by atoms with Crippen molar-refractivity contribution in [1.29, 1.82) is 0 Å². The van der Waals surface area contributed by atoms with Crippen molar-refractivity contribution in [3.63, 3.8) is 0 Å². The molecular weight excluding hydrogens is 306 g/mol. The molecule has 0 spiro atoms. The molecule has 0 bridgehead atoms. The summed E-state index contributed by atoms with van der Waals surface area (Å²) in [6.45, 7) is 1.40. The first-order chi connectivity index (χ1) is 10.6. The van der Waals surface area contributed by atoms with Crippen molar-refractivity contribution in [3.05, 3.63) is 29.3 Å². The number of likely N-dealkylation sites (tertiary alicyclic amines) is 1. The third-order valence-electron chi connectivity index (χ3n) is 4.33. The largest absolute Gasteiger partial charge is 0.465 e. The number of amides is 2. The van der Waals surface area contributed by atoms with E-state index < -0.39 is 6.09 Å². The van der Waals surface area contributed by atoms with E-state index in [-0.39, 0.29) is 17.9 Å². The SMILES string of the molecule is O=C(NCCCl)c1cccc2c1NC1CCN(C(=O)O)CC21. The summed E-state index contributed by atoms with van der Waals surface area (Å²) in [6, 6.07) is 5.78. The molecule has 2 heterocycles. The summed E-state index contributed by atoms with van der Waals surface area (Å²) in [4.78, 5) is 24.8. The number of para-hydroxylation sites is 1. The van der Waals surface area contributed by atoms with Crippen LogP contribution in [0.4, 0.5) is 10.5 Å². The lowest BCUT2D eigenvalue weighted by Crippen LogP contribution is -2.44. The highest BCUT2D eigenvalue weighted by molar-refractivity contribution is 6.18. The zero-order chi connectivity index (χ0) is 15.7. The standard InChI is InChI=1S/C15H18ClN3O3/c16-5-6-17-14(20)10-3-1-2-9-11-8-19(15(21)22)7-4-12(11)18-13(9)10/h1-3,11-12,18H,4-8H2,(H,17,20)(H,21,22). The van der Waals surface area contributed by atoms with Crippen molar-refractivity contribution in [2.75, 3.05) is 30.8 Å². The third-order valence-corrected chi connectivity index (χ3v) is 4.52. The monoisotopic (exact) mass is 323 g/mol.